The second-order valence-corrected chi connectivity index (χ2v) is 4.21. The van der Waals surface area contributed by atoms with Crippen LogP contribution in [0, 0.1) is 0 Å². The molecule has 1 aromatic carbocycles. The number of nitrogens with two attached hydrogens (primary N) is 1. The molecule has 0 aliphatic carbocycles. The Morgan fingerprint density at radius 3 is 2.74 bits per heavy atom. The van der Waals surface area contributed by atoms with E-state index in [9.17, 15) is 4.79 Å². The van der Waals surface area contributed by atoms with Crippen molar-refractivity contribution in [3.8, 4) is 0 Å². The minimum Gasteiger partial charge on any atom is -0.349 e. The summed E-state index contributed by atoms with van der Waals surface area (Å²) in [6, 6.07) is 10.9. The van der Waals surface area contributed by atoms with Gasteiger partial charge in [-0.1, -0.05) is 30.3 Å². The van der Waals surface area contributed by atoms with Crippen LogP contribution < -0.4 is 11.1 Å². The Kier molecular flexibility index (Phi) is 4.58. The first kappa shape index (κ1) is 13.2. The van der Waals surface area contributed by atoms with Crippen molar-refractivity contribution in [3.63, 3.8) is 0 Å². The van der Waals surface area contributed by atoms with Crippen molar-refractivity contribution in [3.05, 3.63) is 60.2 Å². The van der Waals surface area contributed by atoms with Gasteiger partial charge in [0.05, 0.1) is 18.3 Å². The molecule has 2 aromatic rings. The number of nitrogens with one attached hydrogen (secondary N) is 1. The monoisotopic (exact) mass is 256 g/mol. The predicted molar refractivity (Wildman–Crippen MR) is 72.0 cm³/mol. The summed E-state index contributed by atoms with van der Waals surface area (Å²) in [7, 11) is 0. The zero-order valence-corrected chi connectivity index (χ0v) is 10.5. The number of benzene rings is 1. The van der Waals surface area contributed by atoms with Crippen LogP contribution >= 0.6 is 0 Å². The Labute approximate surface area is 111 Å². The van der Waals surface area contributed by atoms with Crippen LogP contribution in [0.2, 0.25) is 0 Å². The van der Waals surface area contributed by atoms with E-state index in [0.29, 0.717) is 13.0 Å². The number of carbonyl (C=O) groups excluding carboxylic acids is 1. The minimum absolute atomic E-state index is 0.178. The standard InChI is InChI=1S/C14H16N4O/c15-13(8-11-4-2-1-3-5-11)14(19)17-9-12-6-7-16-10-18-12/h1-7,10,13H,8-9,15H2,(H,17,19)/t13-/m0/s1. The molecule has 0 saturated carbocycles. The summed E-state index contributed by atoms with van der Waals surface area (Å²) in [6.07, 6.45) is 3.61. The lowest BCUT2D eigenvalue weighted by Crippen LogP contribution is -2.41. The first-order chi connectivity index (χ1) is 9.25. The van der Waals surface area contributed by atoms with E-state index < -0.39 is 6.04 Å². The fraction of sp³-hybridized carbons (Fsp3) is 0.214. The molecular formula is C14H16N4O. The number of hydrogen-bond acceptors (Lipinski definition) is 4. The third-order valence-corrected chi connectivity index (χ3v) is 2.72. The van der Waals surface area contributed by atoms with Gasteiger partial charge in [-0.3, -0.25) is 4.79 Å². The van der Waals surface area contributed by atoms with E-state index in [-0.39, 0.29) is 5.91 Å². The van der Waals surface area contributed by atoms with Crippen molar-refractivity contribution in [1.29, 1.82) is 0 Å². The second-order valence-electron chi connectivity index (χ2n) is 4.21. The van der Waals surface area contributed by atoms with Gasteiger partial charge in [0.15, 0.2) is 0 Å². The van der Waals surface area contributed by atoms with Crippen LogP contribution in [0.25, 0.3) is 0 Å². The molecule has 3 N–H and O–H groups in total. The quantitative estimate of drug-likeness (QED) is 0.823. The molecule has 0 unspecified atom stereocenters. The molecule has 1 atom stereocenters. The molecule has 0 fully saturated rings. The van der Waals surface area contributed by atoms with Crippen LogP contribution in [0.5, 0.6) is 0 Å². The lowest BCUT2D eigenvalue weighted by Gasteiger charge is -2.12. The zero-order chi connectivity index (χ0) is 13.5. The van der Waals surface area contributed by atoms with Crippen molar-refractivity contribution >= 4 is 5.91 Å². The predicted octanol–water partition coefficient (Wildman–Crippen LogP) is 0.663. The van der Waals surface area contributed by atoms with Crippen LogP contribution in [0.3, 0.4) is 0 Å². The van der Waals surface area contributed by atoms with Gasteiger partial charge in [0, 0.05) is 6.20 Å². The molecular weight excluding hydrogens is 240 g/mol. The molecule has 19 heavy (non-hydrogen) atoms. The van der Waals surface area contributed by atoms with Gasteiger partial charge in [-0.05, 0) is 18.1 Å². The molecule has 98 valence electrons. The molecule has 5 nitrogen and oxygen atoms in total. The molecule has 1 heterocycles. The summed E-state index contributed by atoms with van der Waals surface area (Å²) in [5.74, 6) is -0.178. The number of amides is 1. The Bertz CT molecular complexity index is 515. The number of nitrogens with zero attached hydrogens (tertiary/aromatic N) is 2. The molecule has 0 radical (unpaired) electrons. The van der Waals surface area contributed by atoms with Crippen molar-refractivity contribution in [2.75, 3.05) is 0 Å². The molecule has 0 saturated heterocycles. The van der Waals surface area contributed by atoms with Gasteiger partial charge in [0.1, 0.15) is 6.33 Å². The van der Waals surface area contributed by atoms with Crippen molar-refractivity contribution in [1.82, 2.24) is 15.3 Å². The normalized spacial score (nSPS) is 11.8. The van der Waals surface area contributed by atoms with E-state index in [1.165, 1.54) is 6.33 Å². The van der Waals surface area contributed by atoms with Crippen LogP contribution in [-0.2, 0) is 17.8 Å². The number of hydrogen-bond donors (Lipinski definition) is 2. The summed E-state index contributed by atoms with van der Waals surface area (Å²) in [5, 5.41) is 2.76. The summed E-state index contributed by atoms with van der Waals surface area (Å²) in [4.78, 5) is 19.7. The molecule has 0 spiro atoms. The van der Waals surface area contributed by atoms with E-state index >= 15 is 0 Å². The zero-order valence-electron chi connectivity index (χ0n) is 10.5. The lowest BCUT2D eigenvalue weighted by atomic mass is 10.1. The summed E-state index contributed by atoms with van der Waals surface area (Å²) in [6.45, 7) is 0.365. The maximum absolute atomic E-state index is 11.8. The molecule has 1 amide bonds. The van der Waals surface area contributed by atoms with Gasteiger partial charge >= 0.3 is 0 Å². The van der Waals surface area contributed by atoms with Crippen LogP contribution in [0.15, 0.2) is 48.9 Å². The number of rotatable bonds is 5. The summed E-state index contributed by atoms with van der Waals surface area (Å²) >= 11 is 0. The van der Waals surface area contributed by atoms with E-state index in [2.05, 4.69) is 15.3 Å². The van der Waals surface area contributed by atoms with E-state index in [0.717, 1.165) is 11.3 Å². The largest absolute Gasteiger partial charge is 0.349 e. The van der Waals surface area contributed by atoms with Gasteiger partial charge < -0.3 is 11.1 Å². The minimum atomic E-state index is -0.552. The Morgan fingerprint density at radius 2 is 2.05 bits per heavy atom. The topological polar surface area (TPSA) is 80.9 Å². The van der Waals surface area contributed by atoms with E-state index in [1.807, 2.05) is 30.3 Å². The maximum Gasteiger partial charge on any atom is 0.237 e. The van der Waals surface area contributed by atoms with Crippen LogP contribution in [-0.4, -0.2) is 21.9 Å². The first-order valence-electron chi connectivity index (χ1n) is 6.08. The van der Waals surface area contributed by atoms with Crippen LogP contribution in [0.1, 0.15) is 11.3 Å². The fourth-order valence-corrected chi connectivity index (χ4v) is 1.69. The lowest BCUT2D eigenvalue weighted by molar-refractivity contribution is -0.122. The van der Waals surface area contributed by atoms with Crippen molar-refractivity contribution in [2.24, 2.45) is 5.73 Å². The average molecular weight is 256 g/mol. The molecule has 5 heteroatoms. The third kappa shape index (κ3) is 4.15. The van der Waals surface area contributed by atoms with Crippen molar-refractivity contribution < 1.29 is 4.79 Å². The SMILES string of the molecule is N[C@@H](Cc1ccccc1)C(=O)NCc1ccncn1. The highest BCUT2D eigenvalue weighted by Gasteiger charge is 2.13. The van der Waals surface area contributed by atoms with Crippen molar-refractivity contribution in [2.45, 2.75) is 19.0 Å². The molecule has 0 aliphatic heterocycles. The van der Waals surface area contributed by atoms with Gasteiger partial charge in [-0.25, -0.2) is 9.97 Å². The van der Waals surface area contributed by atoms with Gasteiger partial charge in [0.25, 0.3) is 0 Å². The van der Waals surface area contributed by atoms with Gasteiger partial charge in [-0.2, -0.15) is 0 Å². The number of aromatic nitrogens is 2. The Hall–Kier alpha value is -2.27. The number of carbonyl (C=O) groups is 1. The van der Waals surface area contributed by atoms with Crippen LogP contribution in [0.4, 0.5) is 0 Å². The fourth-order valence-electron chi connectivity index (χ4n) is 1.69. The average Bonchev–Trinajstić information content (AvgIpc) is 2.47. The van der Waals surface area contributed by atoms with Gasteiger partial charge in [-0.15, -0.1) is 0 Å². The highest BCUT2D eigenvalue weighted by Crippen LogP contribution is 2.02. The molecule has 1 aromatic heterocycles. The van der Waals surface area contributed by atoms with E-state index in [1.54, 1.807) is 12.3 Å². The maximum atomic E-state index is 11.8. The Balaban J connectivity index is 1.83. The molecule has 0 bridgehead atoms. The third-order valence-electron chi connectivity index (χ3n) is 2.72. The first-order valence-corrected chi connectivity index (χ1v) is 6.08. The highest BCUT2D eigenvalue weighted by atomic mass is 16.2. The molecule has 0 aliphatic rings. The summed E-state index contributed by atoms with van der Waals surface area (Å²) in [5.41, 5.74) is 7.68. The molecule has 2 rings (SSSR count). The highest BCUT2D eigenvalue weighted by molar-refractivity contribution is 5.81. The smallest absolute Gasteiger partial charge is 0.237 e. The second kappa shape index (κ2) is 6.61. The van der Waals surface area contributed by atoms with Gasteiger partial charge in [0.2, 0.25) is 5.91 Å². The Morgan fingerprint density at radius 1 is 1.26 bits per heavy atom. The summed E-state index contributed by atoms with van der Waals surface area (Å²) < 4.78 is 0. The van der Waals surface area contributed by atoms with E-state index in [4.69, 9.17) is 5.73 Å².